The molecule has 0 unspecified atom stereocenters. The lowest BCUT2D eigenvalue weighted by Crippen LogP contribution is -2.20. The Kier molecular flexibility index (Phi) is 5.47. The Bertz CT molecular complexity index is 1080. The van der Waals surface area contributed by atoms with Gasteiger partial charge >= 0.3 is 12.1 Å². The van der Waals surface area contributed by atoms with Crippen LogP contribution < -0.4 is 0 Å². The highest BCUT2D eigenvalue weighted by atomic mass is 35.5. The predicted molar refractivity (Wildman–Crippen MR) is 104 cm³/mol. The summed E-state index contributed by atoms with van der Waals surface area (Å²) >= 11 is 12.2. The van der Waals surface area contributed by atoms with E-state index >= 15 is 0 Å². The molecule has 0 aliphatic heterocycles. The van der Waals surface area contributed by atoms with Crippen molar-refractivity contribution in [3.05, 3.63) is 39.0 Å². The fourth-order valence-corrected chi connectivity index (χ4v) is 3.65. The second kappa shape index (κ2) is 7.49. The van der Waals surface area contributed by atoms with Gasteiger partial charge in [0.25, 0.3) is 0 Å². The van der Waals surface area contributed by atoms with Gasteiger partial charge in [-0.3, -0.25) is 4.79 Å². The zero-order valence-corrected chi connectivity index (χ0v) is 17.1. The van der Waals surface area contributed by atoms with E-state index in [4.69, 9.17) is 23.2 Å². The Labute approximate surface area is 178 Å². The molecule has 1 aliphatic rings. The van der Waals surface area contributed by atoms with Crippen molar-refractivity contribution in [3.63, 3.8) is 0 Å². The normalized spacial score (nSPS) is 15.3. The molecule has 1 heterocycles. The molecule has 0 amide bonds. The summed E-state index contributed by atoms with van der Waals surface area (Å²) in [7, 11) is 3.33. The van der Waals surface area contributed by atoms with E-state index in [1.807, 2.05) is 6.07 Å². The number of nitrogens with zero attached hydrogens (tertiary/aromatic N) is 5. The molecule has 1 fully saturated rings. The van der Waals surface area contributed by atoms with Crippen molar-refractivity contribution in [2.45, 2.75) is 24.4 Å². The van der Waals surface area contributed by atoms with Gasteiger partial charge in [-0.25, -0.2) is 9.67 Å². The van der Waals surface area contributed by atoms with Gasteiger partial charge in [0.15, 0.2) is 11.5 Å². The first-order valence-corrected chi connectivity index (χ1v) is 9.22. The number of hydrogen-bond donors (Lipinski definition) is 1. The molecule has 1 N–H and O–H groups in total. The van der Waals surface area contributed by atoms with Crippen molar-refractivity contribution in [2.24, 2.45) is 4.99 Å². The molecule has 0 bridgehead atoms. The first-order valence-electron chi connectivity index (χ1n) is 8.46. The highest BCUT2D eigenvalue weighted by Crippen LogP contribution is 2.53. The van der Waals surface area contributed by atoms with Gasteiger partial charge in [-0.15, -0.1) is 0 Å². The van der Waals surface area contributed by atoms with E-state index in [0.29, 0.717) is 12.1 Å². The summed E-state index contributed by atoms with van der Waals surface area (Å²) in [4.78, 5) is 17.7. The van der Waals surface area contributed by atoms with Crippen LogP contribution in [0.3, 0.4) is 0 Å². The van der Waals surface area contributed by atoms with Crippen molar-refractivity contribution in [3.8, 4) is 11.8 Å². The van der Waals surface area contributed by atoms with Crippen LogP contribution in [0.4, 0.5) is 19.0 Å². The van der Waals surface area contributed by atoms with Gasteiger partial charge in [0, 0.05) is 14.1 Å². The number of benzene rings is 1. The van der Waals surface area contributed by atoms with Crippen LogP contribution >= 0.6 is 23.2 Å². The molecule has 0 atom stereocenters. The highest BCUT2D eigenvalue weighted by molar-refractivity contribution is 6.38. The number of aromatic nitrogens is 2. The first-order chi connectivity index (χ1) is 13.9. The maximum atomic E-state index is 13.1. The smallest absolute Gasteiger partial charge is 0.416 e. The number of carbonyl (C=O) groups is 1. The zero-order valence-electron chi connectivity index (χ0n) is 15.6. The Balaban J connectivity index is 2.33. The summed E-state index contributed by atoms with van der Waals surface area (Å²) in [5.74, 6) is -1.19. The fraction of sp³-hybridized carbons (Fsp3) is 0.333. The lowest BCUT2D eigenvalue weighted by Gasteiger charge is -2.15. The van der Waals surface area contributed by atoms with Crippen molar-refractivity contribution in [2.75, 3.05) is 14.1 Å². The number of halogens is 5. The van der Waals surface area contributed by atoms with Gasteiger partial charge in [-0.2, -0.15) is 23.5 Å². The molecular weight excluding hydrogens is 446 g/mol. The molecule has 158 valence electrons. The van der Waals surface area contributed by atoms with Gasteiger partial charge in [0.2, 0.25) is 0 Å². The number of carboxylic acid groups (broad SMARTS) is 1. The molecule has 1 aromatic carbocycles. The third-order valence-electron chi connectivity index (χ3n) is 4.57. The molecule has 7 nitrogen and oxygen atoms in total. The van der Waals surface area contributed by atoms with Crippen LogP contribution in [0.1, 0.15) is 29.7 Å². The van der Waals surface area contributed by atoms with Crippen LogP contribution in [0.25, 0.3) is 5.69 Å². The van der Waals surface area contributed by atoms with E-state index < -0.39 is 23.1 Å². The van der Waals surface area contributed by atoms with Crippen LogP contribution in [0.5, 0.6) is 0 Å². The summed E-state index contributed by atoms with van der Waals surface area (Å²) in [5.41, 5.74) is -2.69. The summed E-state index contributed by atoms with van der Waals surface area (Å²) < 4.78 is 40.2. The molecule has 1 saturated carbocycles. The standard InChI is InChI=1S/C18H14Cl2F3N5O2/c1-27(2)8-25-15-13(17(3-4-17)16(29)30)12(7-24)26-28(15)14-10(19)5-9(6-11(14)20)18(21,22)23/h5-6,8H,3-4H2,1-2H3,(H,29,30). The number of aliphatic carboxylic acids is 1. The number of rotatable bonds is 5. The molecule has 1 aliphatic carbocycles. The van der Waals surface area contributed by atoms with Crippen molar-refractivity contribution in [1.82, 2.24) is 14.7 Å². The number of alkyl halides is 3. The van der Waals surface area contributed by atoms with Gasteiger partial charge < -0.3 is 10.0 Å². The quantitative estimate of drug-likeness (QED) is 0.527. The molecular formula is C18H14Cl2F3N5O2. The van der Waals surface area contributed by atoms with Crippen LogP contribution in [-0.4, -0.2) is 46.2 Å². The minimum atomic E-state index is -4.67. The number of hydrogen-bond acceptors (Lipinski definition) is 4. The fourth-order valence-electron chi connectivity index (χ4n) is 3.00. The molecule has 2 aromatic rings. The van der Waals surface area contributed by atoms with Crippen LogP contribution in [0.2, 0.25) is 10.0 Å². The molecule has 30 heavy (non-hydrogen) atoms. The van der Waals surface area contributed by atoms with Gasteiger partial charge in [-0.1, -0.05) is 23.2 Å². The Hall–Kier alpha value is -2.77. The van der Waals surface area contributed by atoms with Gasteiger partial charge in [0.05, 0.1) is 32.9 Å². The lowest BCUT2D eigenvalue weighted by molar-refractivity contribution is -0.140. The van der Waals surface area contributed by atoms with Crippen molar-refractivity contribution < 1.29 is 23.1 Å². The third-order valence-corrected chi connectivity index (χ3v) is 5.15. The van der Waals surface area contributed by atoms with Crippen LogP contribution in [0.15, 0.2) is 17.1 Å². The average Bonchev–Trinajstić information content (AvgIpc) is 3.35. The van der Waals surface area contributed by atoms with E-state index in [2.05, 4.69) is 10.1 Å². The second-order valence-electron chi connectivity index (χ2n) is 6.95. The maximum absolute atomic E-state index is 13.1. The monoisotopic (exact) mass is 459 g/mol. The summed E-state index contributed by atoms with van der Waals surface area (Å²) in [6.07, 6.45) is -2.79. The third kappa shape index (κ3) is 3.70. The topological polar surface area (TPSA) is 94.5 Å². The molecule has 3 rings (SSSR count). The highest BCUT2D eigenvalue weighted by Gasteiger charge is 2.56. The first kappa shape index (κ1) is 21.9. The zero-order chi connectivity index (χ0) is 22.4. The van der Waals surface area contributed by atoms with E-state index in [9.17, 15) is 28.3 Å². The number of aliphatic imine (C=N–C) groups is 1. The Morgan fingerprint density at radius 3 is 2.33 bits per heavy atom. The number of nitriles is 1. The largest absolute Gasteiger partial charge is 0.481 e. The van der Waals surface area contributed by atoms with E-state index in [0.717, 1.165) is 4.68 Å². The van der Waals surface area contributed by atoms with E-state index in [-0.39, 0.29) is 45.6 Å². The SMILES string of the molecule is CN(C)C=Nc1c(C2(C(=O)O)CC2)c(C#N)nn1-c1c(Cl)cc(C(F)(F)F)cc1Cl. The minimum absolute atomic E-state index is 0.0382. The summed E-state index contributed by atoms with van der Waals surface area (Å²) in [6.45, 7) is 0. The maximum Gasteiger partial charge on any atom is 0.416 e. The molecule has 0 saturated heterocycles. The van der Waals surface area contributed by atoms with Crippen LogP contribution in [0, 0.1) is 11.3 Å². The minimum Gasteiger partial charge on any atom is -0.481 e. The molecule has 12 heteroatoms. The Morgan fingerprint density at radius 2 is 1.93 bits per heavy atom. The summed E-state index contributed by atoms with van der Waals surface area (Å²) in [6, 6.07) is 3.20. The van der Waals surface area contributed by atoms with Gasteiger partial charge in [-0.05, 0) is 25.0 Å². The van der Waals surface area contributed by atoms with Crippen molar-refractivity contribution in [1.29, 1.82) is 5.26 Å². The van der Waals surface area contributed by atoms with Crippen LogP contribution in [-0.2, 0) is 16.4 Å². The Morgan fingerprint density at radius 1 is 1.37 bits per heavy atom. The predicted octanol–water partition coefficient (Wildman–Crippen LogP) is 4.41. The molecule has 0 spiro atoms. The lowest BCUT2D eigenvalue weighted by atomic mass is 9.95. The average molecular weight is 460 g/mol. The molecule has 1 aromatic heterocycles. The molecule has 0 radical (unpaired) electrons. The van der Waals surface area contributed by atoms with E-state index in [1.165, 1.54) is 6.34 Å². The number of carboxylic acids is 1. The second-order valence-corrected chi connectivity index (χ2v) is 7.77. The van der Waals surface area contributed by atoms with E-state index in [1.54, 1.807) is 19.0 Å². The van der Waals surface area contributed by atoms with Crippen molar-refractivity contribution >= 4 is 41.3 Å². The van der Waals surface area contributed by atoms with Gasteiger partial charge in [0.1, 0.15) is 11.8 Å². The summed E-state index contributed by atoms with van der Waals surface area (Å²) in [5, 5.41) is 22.6.